The molecule has 1 unspecified atom stereocenters. The van der Waals surface area contributed by atoms with Crippen molar-refractivity contribution in [3.63, 3.8) is 0 Å². The first-order valence-corrected chi connectivity index (χ1v) is 7.87. The highest BCUT2D eigenvalue weighted by Gasteiger charge is 2.45. The van der Waals surface area contributed by atoms with Gasteiger partial charge in [-0.1, -0.05) is 19.3 Å². The zero-order chi connectivity index (χ0) is 13.1. The Morgan fingerprint density at radius 3 is 2.68 bits per heavy atom. The zero-order valence-electron chi connectivity index (χ0n) is 11.9. The molecule has 0 aromatic rings. The van der Waals surface area contributed by atoms with Gasteiger partial charge in [-0.15, -0.1) is 0 Å². The Hall–Kier alpha value is -0.160. The van der Waals surface area contributed by atoms with Gasteiger partial charge in [0, 0.05) is 19.6 Å². The lowest BCUT2D eigenvalue weighted by molar-refractivity contribution is -0.206. The molecule has 19 heavy (non-hydrogen) atoms. The van der Waals surface area contributed by atoms with Gasteiger partial charge in [-0.25, -0.2) is 0 Å². The second-order valence-electron chi connectivity index (χ2n) is 5.98. The van der Waals surface area contributed by atoms with Crippen molar-refractivity contribution in [2.24, 2.45) is 5.92 Å². The average Bonchev–Trinajstić information content (AvgIpc) is 2.87. The van der Waals surface area contributed by atoms with Crippen LogP contribution in [0.5, 0.6) is 0 Å². The van der Waals surface area contributed by atoms with Gasteiger partial charge in [0.05, 0.1) is 12.7 Å². The summed E-state index contributed by atoms with van der Waals surface area (Å²) in [5, 5.41) is 0. The van der Waals surface area contributed by atoms with Crippen molar-refractivity contribution in [1.82, 2.24) is 0 Å². The van der Waals surface area contributed by atoms with Crippen molar-refractivity contribution < 1.29 is 18.9 Å². The third-order valence-electron chi connectivity index (χ3n) is 4.57. The van der Waals surface area contributed by atoms with Crippen molar-refractivity contribution in [3.05, 3.63) is 0 Å². The summed E-state index contributed by atoms with van der Waals surface area (Å²) in [6.07, 6.45) is 7.83. The van der Waals surface area contributed by atoms with Crippen LogP contribution in [0.2, 0.25) is 0 Å². The SMILES string of the molecule is CCO[C@@H]1C[C@H](OCC2CCCCC2)[C@H]2COC1O2. The summed E-state index contributed by atoms with van der Waals surface area (Å²) in [6, 6.07) is 0. The highest BCUT2D eigenvalue weighted by atomic mass is 16.8. The summed E-state index contributed by atoms with van der Waals surface area (Å²) < 4.78 is 23.3. The first-order valence-electron chi connectivity index (χ1n) is 7.87. The fourth-order valence-corrected chi connectivity index (χ4v) is 3.47. The van der Waals surface area contributed by atoms with E-state index >= 15 is 0 Å². The molecule has 0 aromatic carbocycles. The Balaban J connectivity index is 1.49. The zero-order valence-corrected chi connectivity index (χ0v) is 11.9. The first kappa shape index (κ1) is 13.8. The molecule has 2 heterocycles. The molecule has 3 rings (SSSR count). The molecule has 2 saturated heterocycles. The summed E-state index contributed by atoms with van der Waals surface area (Å²) in [4.78, 5) is 0. The minimum absolute atomic E-state index is 0.0418. The number of rotatable bonds is 5. The van der Waals surface area contributed by atoms with E-state index in [9.17, 15) is 0 Å². The summed E-state index contributed by atoms with van der Waals surface area (Å²) in [6.45, 7) is 4.25. The second-order valence-corrected chi connectivity index (χ2v) is 5.98. The summed E-state index contributed by atoms with van der Waals surface area (Å²) in [5.74, 6) is 0.749. The Kier molecular flexibility index (Phi) is 4.74. The number of ether oxygens (including phenoxy) is 4. The molecule has 3 fully saturated rings. The maximum Gasteiger partial charge on any atom is 0.184 e. The largest absolute Gasteiger partial charge is 0.375 e. The van der Waals surface area contributed by atoms with E-state index in [2.05, 4.69) is 0 Å². The Labute approximate surface area is 115 Å². The lowest BCUT2D eigenvalue weighted by atomic mass is 9.90. The van der Waals surface area contributed by atoms with Gasteiger partial charge in [0.25, 0.3) is 0 Å². The van der Waals surface area contributed by atoms with E-state index in [1.807, 2.05) is 6.92 Å². The predicted molar refractivity (Wildman–Crippen MR) is 71.0 cm³/mol. The molecule has 110 valence electrons. The van der Waals surface area contributed by atoms with Crippen LogP contribution in [0.15, 0.2) is 0 Å². The van der Waals surface area contributed by atoms with Crippen LogP contribution in [0.4, 0.5) is 0 Å². The van der Waals surface area contributed by atoms with E-state index in [1.54, 1.807) is 0 Å². The van der Waals surface area contributed by atoms with Crippen molar-refractivity contribution in [2.75, 3.05) is 19.8 Å². The lowest BCUT2D eigenvalue weighted by Crippen LogP contribution is -2.45. The number of hydrogen-bond donors (Lipinski definition) is 0. The molecule has 1 aliphatic carbocycles. The van der Waals surface area contributed by atoms with Crippen molar-refractivity contribution in [3.8, 4) is 0 Å². The molecular weight excluding hydrogens is 244 g/mol. The van der Waals surface area contributed by atoms with Crippen LogP contribution in [0, 0.1) is 5.92 Å². The van der Waals surface area contributed by atoms with E-state index in [0.717, 1.165) is 18.9 Å². The highest BCUT2D eigenvalue weighted by molar-refractivity contribution is 4.88. The molecule has 1 saturated carbocycles. The Morgan fingerprint density at radius 2 is 1.89 bits per heavy atom. The third-order valence-corrected chi connectivity index (χ3v) is 4.57. The monoisotopic (exact) mass is 270 g/mol. The molecule has 0 aromatic heterocycles. The van der Waals surface area contributed by atoms with Crippen molar-refractivity contribution >= 4 is 0 Å². The maximum atomic E-state index is 6.14. The van der Waals surface area contributed by atoms with Gasteiger partial charge in [0.1, 0.15) is 12.2 Å². The molecule has 4 atom stereocenters. The van der Waals surface area contributed by atoms with Crippen LogP contribution in [0.3, 0.4) is 0 Å². The van der Waals surface area contributed by atoms with Crippen LogP contribution in [0.25, 0.3) is 0 Å². The molecular formula is C15H26O4. The van der Waals surface area contributed by atoms with E-state index in [4.69, 9.17) is 18.9 Å². The Morgan fingerprint density at radius 1 is 1.05 bits per heavy atom. The van der Waals surface area contributed by atoms with E-state index in [0.29, 0.717) is 13.2 Å². The minimum Gasteiger partial charge on any atom is -0.375 e. The normalized spacial score (nSPS) is 39.6. The van der Waals surface area contributed by atoms with Crippen LogP contribution in [0.1, 0.15) is 45.4 Å². The van der Waals surface area contributed by atoms with Gasteiger partial charge in [-0.2, -0.15) is 0 Å². The smallest absolute Gasteiger partial charge is 0.184 e. The van der Waals surface area contributed by atoms with E-state index in [-0.39, 0.29) is 24.6 Å². The quantitative estimate of drug-likeness (QED) is 0.769. The molecule has 2 aliphatic heterocycles. The molecule has 0 N–H and O–H groups in total. The van der Waals surface area contributed by atoms with Crippen LogP contribution in [-0.4, -0.2) is 44.4 Å². The van der Waals surface area contributed by atoms with Crippen molar-refractivity contribution in [1.29, 1.82) is 0 Å². The van der Waals surface area contributed by atoms with Gasteiger partial charge < -0.3 is 18.9 Å². The fraction of sp³-hybridized carbons (Fsp3) is 1.00. The van der Waals surface area contributed by atoms with Gasteiger partial charge in [-0.05, 0) is 25.7 Å². The highest BCUT2D eigenvalue weighted by Crippen LogP contribution is 2.32. The van der Waals surface area contributed by atoms with E-state index < -0.39 is 0 Å². The molecule has 0 radical (unpaired) electrons. The number of hydrogen-bond acceptors (Lipinski definition) is 4. The van der Waals surface area contributed by atoms with Gasteiger partial charge in [-0.3, -0.25) is 0 Å². The fourth-order valence-electron chi connectivity index (χ4n) is 3.47. The summed E-state index contributed by atoms with van der Waals surface area (Å²) in [7, 11) is 0. The lowest BCUT2D eigenvalue weighted by Gasteiger charge is -2.34. The second kappa shape index (κ2) is 6.53. The summed E-state index contributed by atoms with van der Waals surface area (Å²) in [5.41, 5.74) is 0. The molecule has 0 spiro atoms. The first-order chi connectivity index (χ1) is 9.36. The molecule has 0 amide bonds. The average molecular weight is 270 g/mol. The van der Waals surface area contributed by atoms with Crippen LogP contribution >= 0.6 is 0 Å². The van der Waals surface area contributed by atoms with Gasteiger partial charge >= 0.3 is 0 Å². The van der Waals surface area contributed by atoms with Gasteiger partial charge in [0.2, 0.25) is 0 Å². The number of fused-ring (bicyclic) bond motifs is 2. The topological polar surface area (TPSA) is 36.9 Å². The predicted octanol–water partition coefficient (Wildman–Crippen LogP) is 2.50. The minimum atomic E-state index is -0.167. The van der Waals surface area contributed by atoms with E-state index in [1.165, 1.54) is 32.1 Å². The molecule has 4 heteroatoms. The van der Waals surface area contributed by atoms with Crippen molar-refractivity contribution in [2.45, 2.75) is 70.1 Å². The van der Waals surface area contributed by atoms with Crippen LogP contribution < -0.4 is 0 Å². The molecule has 2 bridgehead atoms. The summed E-state index contributed by atoms with van der Waals surface area (Å²) >= 11 is 0. The van der Waals surface area contributed by atoms with Crippen LogP contribution in [-0.2, 0) is 18.9 Å². The molecule has 3 aliphatic rings. The molecule has 4 nitrogen and oxygen atoms in total. The third kappa shape index (κ3) is 3.30. The standard InChI is InChI=1S/C15H26O4/c1-2-16-13-8-12(14-10-18-15(13)19-14)17-9-11-6-4-3-5-7-11/h11-15H,2-10H2,1H3/t12-,13+,14+,15?/m0/s1. The maximum absolute atomic E-state index is 6.14. The Bertz CT molecular complexity index is 277. The van der Waals surface area contributed by atoms with Gasteiger partial charge in [0.15, 0.2) is 6.29 Å².